The van der Waals surface area contributed by atoms with Crippen LogP contribution in [0.25, 0.3) is 0 Å². The highest BCUT2D eigenvalue weighted by Gasteiger charge is 2.24. The van der Waals surface area contributed by atoms with Crippen molar-refractivity contribution in [2.24, 2.45) is 0 Å². The minimum Gasteiger partial charge on any atom is -0.351 e. The van der Waals surface area contributed by atoms with Crippen LogP contribution in [0.5, 0.6) is 0 Å². The number of hydrogen-bond donors (Lipinski definition) is 1. The van der Waals surface area contributed by atoms with E-state index in [0.29, 0.717) is 12.5 Å². The highest BCUT2D eigenvalue weighted by molar-refractivity contribution is 5.77. The van der Waals surface area contributed by atoms with Gasteiger partial charge < -0.3 is 10.2 Å². The first-order chi connectivity index (χ1) is 6.38. The van der Waals surface area contributed by atoms with Gasteiger partial charge in [-0.3, -0.25) is 4.79 Å². The number of nitrogens with zero attached hydrogens (tertiary/aromatic N) is 1. The second-order valence-electron chi connectivity index (χ2n) is 5.28. The van der Waals surface area contributed by atoms with Crippen molar-refractivity contribution in [1.82, 2.24) is 10.2 Å². The first-order valence-corrected chi connectivity index (χ1v) is 5.40. The minimum absolute atomic E-state index is 0.103. The van der Waals surface area contributed by atoms with Gasteiger partial charge >= 0.3 is 0 Å². The zero-order valence-electron chi connectivity index (χ0n) is 9.76. The molecule has 0 aliphatic carbocycles. The minimum atomic E-state index is -0.103. The average Bonchev–Trinajstić information content (AvgIpc) is 2.32. The molecule has 0 saturated carbocycles. The number of likely N-dealkylation sites (tertiary alicyclic amines) is 1. The molecule has 1 amide bonds. The Kier molecular flexibility index (Phi) is 3.53. The topological polar surface area (TPSA) is 32.3 Å². The number of nitrogens with one attached hydrogen (secondary N) is 1. The standard InChI is InChI=1S/C11H22N2O/c1-11(2,3)12-10(14)8-9-6-5-7-13(9)4/h9H,5-8H2,1-4H3,(H,12,14). The van der Waals surface area contributed by atoms with Crippen LogP contribution in [0.4, 0.5) is 0 Å². The molecule has 1 rings (SSSR count). The van der Waals surface area contributed by atoms with Gasteiger partial charge in [0, 0.05) is 18.0 Å². The molecule has 0 bridgehead atoms. The van der Waals surface area contributed by atoms with Gasteiger partial charge in [-0.15, -0.1) is 0 Å². The van der Waals surface area contributed by atoms with Gasteiger partial charge in [-0.2, -0.15) is 0 Å². The Labute approximate surface area is 86.9 Å². The lowest BCUT2D eigenvalue weighted by molar-refractivity contribution is -0.123. The molecule has 3 nitrogen and oxygen atoms in total. The van der Waals surface area contributed by atoms with Gasteiger partial charge in [-0.25, -0.2) is 0 Å². The second kappa shape index (κ2) is 4.30. The van der Waals surface area contributed by atoms with Crippen molar-refractivity contribution >= 4 is 5.91 Å². The van der Waals surface area contributed by atoms with E-state index < -0.39 is 0 Å². The Morgan fingerprint density at radius 2 is 2.14 bits per heavy atom. The largest absolute Gasteiger partial charge is 0.351 e. The second-order valence-corrected chi connectivity index (χ2v) is 5.28. The van der Waals surface area contributed by atoms with Gasteiger partial charge in [0.1, 0.15) is 0 Å². The summed E-state index contributed by atoms with van der Waals surface area (Å²) in [5.74, 6) is 0.177. The predicted molar refractivity (Wildman–Crippen MR) is 58.2 cm³/mol. The number of carbonyl (C=O) groups excluding carboxylic acids is 1. The van der Waals surface area contributed by atoms with Crippen LogP contribution < -0.4 is 5.32 Å². The number of hydrogen-bond acceptors (Lipinski definition) is 2. The summed E-state index contributed by atoms with van der Waals surface area (Å²) in [4.78, 5) is 13.9. The molecular weight excluding hydrogens is 176 g/mol. The Morgan fingerprint density at radius 1 is 1.50 bits per heavy atom. The van der Waals surface area contributed by atoms with Gasteiger partial charge in [-0.1, -0.05) is 0 Å². The third-order valence-electron chi connectivity index (χ3n) is 2.61. The van der Waals surface area contributed by atoms with E-state index in [2.05, 4.69) is 17.3 Å². The highest BCUT2D eigenvalue weighted by atomic mass is 16.1. The smallest absolute Gasteiger partial charge is 0.221 e. The van der Waals surface area contributed by atoms with Gasteiger partial charge in [0.15, 0.2) is 0 Å². The fourth-order valence-corrected chi connectivity index (χ4v) is 1.92. The lowest BCUT2D eigenvalue weighted by atomic mass is 10.1. The van der Waals surface area contributed by atoms with Crippen LogP contribution >= 0.6 is 0 Å². The Bertz CT molecular complexity index is 208. The molecule has 1 heterocycles. The van der Waals surface area contributed by atoms with Crippen LogP contribution in [0.3, 0.4) is 0 Å². The van der Waals surface area contributed by atoms with Crippen LogP contribution in [0, 0.1) is 0 Å². The molecule has 0 aromatic rings. The summed E-state index contributed by atoms with van der Waals surface area (Å²) < 4.78 is 0. The summed E-state index contributed by atoms with van der Waals surface area (Å²) in [6, 6.07) is 0.456. The fourth-order valence-electron chi connectivity index (χ4n) is 1.92. The molecule has 1 aliphatic rings. The quantitative estimate of drug-likeness (QED) is 0.727. The van der Waals surface area contributed by atoms with Crippen LogP contribution in [0.1, 0.15) is 40.0 Å². The van der Waals surface area contributed by atoms with Crippen molar-refractivity contribution in [2.45, 2.75) is 51.6 Å². The summed E-state index contributed by atoms with van der Waals surface area (Å²) in [7, 11) is 2.10. The molecule has 14 heavy (non-hydrogen) atoms. The van der Waals surface area contributed by atoms with E-state index in [4.69, 9.17) is 0 Å². The van der Waals surface area contributed by atoms with Gasteiger partial charge in [-0.05, 0) is 47.2 Å². The molecule has 1 unspecified atom stereocenters. The van der Waals surface area contributed by atoms with E-state index in [-0.39, 0.29) is 11.4 Å². The van der Waals surface area contributed by atoms with Crippen LogP contribution in [-0.2, 0) is 4.79 Å². The number of amides is 1. The van der Waals surface area contributed by atoms with Crippen LogP contribution in [0.2, 0.25) is 0 Å². The van der Waals surface area contributed by atoms with Crippen molar-refractivity contribution < 1.29 is 4.79 Å². The molecular formula is C11H22N2O. The van der Waals surface area contributed by atoms with Crippen molar-refractivity contribution in [3.05, 3.63) is 0 Å². The first kappa shape index (κ1) is 11.5. The summed E-state index contributed by atoms with van der Waals surface area (Å²) in [6.45, 7) is 7.18. The maximum atomic E-state index is 11.6. The van der Waals surface area contributed by atoms with Crippen molar-refractivity contribution in [1.29, 1.82) is 0 Å². The van der Waals surface area contributed by atoms with E-state index in [1.807, 2.05) is 20.8 Å². The average molecular weight is 198 g/mol. The molecule has 1 fully saturated rings. The van der Waals surface area contributed by atoms with Gasteiger partial charge in [0.2, 0.25) is 5.91 Å². The molecule has 1 aliphatic heterocycles. The molecule has 3 heteroatoms. The van der Waals surface area contributed by atoms with Crippen molar-refractivity contribution in [3.63, 3.8) is 0 Å². The maximum absolute atomic E-state index is 11.6. The molecule has 0 aromatic heterocycles. The Morgan fingerprint density at radius 3 is 2.57 bits per heavy atom. The van der Waals surface area contributed by atoms with E-state index in [9.17, 15) is 4.79 Å². The summed E-state index contributed by atoms with van der Waals surface area (Å²) >= 11 is 0. The van der Waals surface area contributed by atoms with Gasteiger partial charge in [0.05, 0.1) is 0 Å². The Balaban J connectivity index is 2.33. The first-order valence-electron chi connectivity index (χ1n) is 5.40. The molecule has 0 radical (unpaired) electrons. The normalized spacial score (nSPS) is 23.9. The van der Waals surface area contributed by atoms with Gasteiger partial charge in [0.25, 0.3) is 0 Å². The summed E-state index contributed by atoms with van der Waals surface area (Å²) in [5, 5.41) is 3.00. The number of rotatable bonds is 2. The maximum Gasteiger partial charge on any atom is 0.221 e. The summed E-state index contributed by atoms with van der Waals surface area (Å²) in [5.41, 5.74) is -0.103. The SMILES string of the molecule is CN1CCCC1CC(=O)NC(C)(C)C. The van der Waals surface area contributed by atoms with Crippen LogP contribution in [0.15, 0.2) is 0 Å². The zero-order valence-corrected chi connectivity index (χ0v) is 9.76. The van der Waals surface area contributed by atoms with E-state index in [1.165, 1.54) is 6.42 Å². The monoisotopic (exact) mass is 198 g/mol. The van der Waals surface area contributed by atoms with Crippen molar-refractivity contribution in [2.75, 3.05) is 13.6 Å². The van der Waals surface area contributed by atoms with Crippen LogP contribution in [-0.4, -0.2) is 36.0 Å². The van der Waals surface area contributed by atoms with Crippen molar-refractivity contribution in [3.8, 4) is 0 Å². The summed E-state index contributed by atoms with van der Waals surface area (Å²) in [6.07, 6.45) is 3.03. The van der Waals surface area contributed by atoms with E-state index >= 15 is 0 Å². The molecule has 1 N–H and O–H groups in total. The van der Waals surface area contributed by atoms with E-state index in [0.717, 1.165) is 13.0 Å². The third kappa shape index (κ3) is 3.66. The third-order valence-corrected chi connectivity index (χ3v) is 2.61. The number of carbonyl (C=O) groups is 1. The Hall–Kier alpha value is -0.570. The molecule has 1 saturated heterocycles. The lowest BCUT2D eigenvalue weighted by Crippen LogP contribution is -2.43. The predicted octanol–water partition coefficient (Wildman–Crippen LogP) is 1.39. The molecule has 0 spiro atoms. The molecule has 0 aromatic carbocycles. The molecule has 82 valence electrons. The lowest BCUT2D eigenvalue weighted by Gasteiger charge is -2.24. The van der Waals surface area contributed by atoms with E-state index in [1.54, 1.807) is 0 Å². The molecule has 1 atom stereocenters. The highest BCUT2D eigenvalue weighted by Crippen LogP contribution is 2.17. The zero-order chi connectivity index (χ0) is 10.8. The fraction of sp³-hybridized carbons (Fsp3) is 0.909.